The fourth-order valence-corrected chi connectivity index (χ4v) is 1.57. The molecule has 0 spiro atoms. The average Bonchev–Trinajstić information content (AvgIpc) is 2.65. The van der Waals surface area contributed by atoms with Gasteiger partial charge >= 0.3 is 0 Å². The van der Waals surface area contributed by atoms with Crippen molar-refractivity contribution in [2.24, 2.45) is 0 Å². The van der Waals surface area contributed by atoms with Gasteiger partial charge in [-0.1, -0.05) is 28.1 Å². The molecule has 1 aromatic carbocycles. The van der Waals surface area contributed by atoms with Crippen molar-refractivity contribution in [3.63, 3.8) is 0 Å². The highest BCUT2D eigenvalue weighted by molar-refractivity contribution is 9.10. The van der Waals surface area contributed by atoms with Crippen LogP contribution in [-0.2, 0) is 0 Å². The molecule has 1 aromatic heterocycles. The predicted molar refractivity (Wildman–Crippen MR) is 54.9 cm³/mol. The highest BCUT2D eigenvalue weighted by Crippen LogP contribution is 2.21. The number of carbonyl (C=O) groups excluding carboxylic acids is 1. The molecule has 0 fully saturated rings. The summed E-state index contributed by atoms with van der Waals surface area (Å²) in [5.74, 6) is 0. The van der Waals surface area contributed by atoms with Gasteiger partial charge in [-0.05, 0) is 12.1 Å². The van der Waals surface area contributed by atoms with E-state index >= 15 is 0 Å². The summed E-state index contributed by atoms with van der Waals surface area (Å²) >= 11 is 3.35. The number of rotatable bonds is 2. The van der Waals surface area contributed by atoms with Crippen molar-refractivity contribution in [1.29, 1.82) is 0 Å². The second-order valence-electron chi connectivity index (χ2n) is 2.69. The molecule has 5 heteroatoms. The maximum absolute atomic E-state index is 10.6. The van der Waals surface area contributed by atoms with Crippen LogP contribution in [0.2, 0.25) is 0 Å². The van der Waals surface area contributed by atoms with E-state index in [1.54, 1.807) is 0 Å². The standard InChI is InChI=1S/C9H6BrN3O/c10-7-3-1-2-6(4-7)9-8(5-14)11-13-12-9/h1-5H,(H,11,12,13). The van der Waals surface area contributed by atoms with Crippen LogP contribution < -0.4 is 0 Å². The van der Waals surface area contributed by atoms with Crippen LogP contribution in [0.1, 0.15) is 10.5 Å². The Labute approximate surface area is 88.5 Å². The Morgan fingerprint density at radius 1 is 1.36 bits per heavy atom. The van der Waals surface area contributed by atoms with E-state index in [4.69, 9.17) is 0 Å². The minimum absolute atomic E-state index is 0.322. The van der Waals surface area contributed by atoms with Crippen LogP contribution in [0.15, 0.2) is 28.7 Å². The lowest BCUT2D eigenvalue weighted by atomic mass is 10.1. The first kappa shape index (κ1) is 9.08. The highest BCUT2D eigenvalue weighted by atomic mass is 79.9. The summed E-state index contributed by atoms with van der Waals surface area (Å²) in [6.07, 6.45) is 0.680. The largest absolute Gasteiger partial charge is 0.296 e. The summed E-state index contributed by atoms with van der Waals surface area (Å²) < 4.78 is 0.940. The van der Waals surface area contributed by atoms with E-state index < -0.39 is 0 Å². The Balaban J connectivity index is 2.54. The van der Waals surface area contributed by atoms with Crippen molar-refractivity contribution >= 4 is 22.2 Å². The maximum atomic E-state index is 10.6. The van der Waals surface area contributed by atoms with E-state index in [0.717, 1.165) is 10.0 Å². The number of halogens is 1. The Hall–Kier alpha value is -1.49. The number of aromatic nitrogens is 3. The van der Waals surface area contributed by atoms with Crippen LogP contribution in [0.5, 0.6) is 0 Å². The lowest BCUT2D eigenvalue weighted by Gasteiger charge is -1.96. The molecule has 1 heterocycles. The van der Waals surface area contributed by atoms with Gasteiger partial charge in [-0.2, -0.15) is 15.4 Å². The van der Waals surface area contributed by atoms with E-state index in [1.165, 1.54) is 0 Å². The number of aromatic amines is 1. The van der Waals surface area contributed by atoms with E-state index in [1.807, 2.05) is 24.3 Å². The summed E-state index contributed by atoms with van der Waals surface area (Å²) in [6, 6.07) is 7.54. The number of aldehydes is 1. The lowest BCUT2D eigenvalue weighted by molar-refractivity contribution is 0.111. The molecule has 0 aliphatic carbocycles. The molecule has 4 nitrogen and oxygen atoms in total. The van der Waals surface area contributed by atoms with Crippen LogP contribution in [0.25, 0.3) is 11.3 Å². The Bertz CT molecular complexity index is 467. The number of hydrogen-bond acceptors (Lipinski definition) is 3. The molecular weight excluding hydrogens is 246 g/mol. The van der Waals surface area contributed by atoms with Crippen LogP contribution in [0.3, 0.4) is 0 Å². The quantitative estimate of drug-likeness (QED) is 0.832. The number of nitrogens with one attached hydrogen (secondary N) is 1. The number of hydrogen-bond donors (Lipinski definition) is 1. The summed E-state index contributed by atoms with van der Waals surface area (Å²) in [5, 5.41) is 10.1. The normalized spacial score (nSPS) is 10.1. The van der Waals surface area contributed by atoms with Gasteiger partial charge in [-0.25, -0.2) is 0 Å². The van der Waals surface area contributed by atoms with Gasteiger partial charge in [0.25, 0.3) is 0 Å². The van der Waals surface area contributed by atoms with Gasteiger partial charge in [0, 0.05) is 10.0 Å². The van der Waals surface area contributed by atoms with Gasteiger partial charge in [0.05, 0.1) is 0 Å². The van der Waals surface area contributed by atoms with Gasteiger partial charge in [0.2, 0.25) is 0 Å². The molecule has 1 N–H and O–H groups in total. The van der Waals surface area contributed by atoms with Crippen LogP contribution in [0, 0.1) is 0 Å². The molecule has 2 rings (SSSR count). The molecule has 0 amide bonds. The fraction of sp³-hybridized carbons (Fsp3) is 0. The topological polar surface area (TPSA) is 58.6 Å². The predicted octanol–water partition coefficient (Wildman–Crippen LogP) is 2.05. The summed E-state index contributed by atoms with van der Waals surface area (Å²) in [4.78, 5) is 10.6. The number of carbonyl (C=O) groups is 1. The first-order valence-electron chi connectivity index (χ1n) is 3.93. The maximum Gasteiger partial charge on any atom is 0.172 e. The van der Waals surface area contributed by atoms with Crippen molar-refractivity contribution < 1.29 is 4.79 Å². The molecule has 0 bridgehead atoms. The Morgan fingerprint density at radius 2 is 2.21 bits per heavy atom. The van der Waals surface area contributed by atoms with E-state index in [0.29, 0.717) is 17.7 Å². The van der Waals surface area contributed by atoms with Crippen LogP contribution in [0.4, 0.5) is 0 Å². The first-order chi connectivity index (χ1) is 6.81. The van der Waals surface area contributed by atoms with Crippen molar-refractivity contribution in [3.05, 3.63) is 34.4 Å². The third-order valence-electron chi connectivity index (χ3n) is 1.78. The smallest absolute Gasteiger partial charge is 0.172 e. The molecule has 0 atom stereocenters. The van der Waals surface area contributed by atoms with E-state index in [2.05, 4.69) is 31.3 Å². The average molecular weight is 252 g/mol. The molecule has 0 saturated carbocycles. The fourth-order valence-electron chi connectivity index (χ4n) is 1.17. The molecular formula is C9H6BrN3O. The second kappa shape index (κ2) is 3.71. The zero-order chi connectivity index (χ0) is 9.97. The molecule has 14 heavy (non-hydrogen) atoms. The van der Waals surface area contributed by atoms with Gasteiger partial charge in [0.15, 0.2) is 12.0 Å². The van der Waals surface area contributed by atoms with Gasteiger partial charge in [-0.15, -0.1) is 0 Å². The van der Waals surface area contributed by atoms with Crippen LogP contribution >= 0.6 is 15.9 Å². The van der Waals surface area contributed by atoms with Crippen LogP contribution in [-0.4, -0.2) is 21.7 Å². The molecule has 0 aliphatic heterocycles. The minimum atomic E-state index is 0.322. The zero-order valence-corrected chi connectivity index (χ0v) is 8.65. The highest BCUT2D eigenvalue weighted by Gasteiger charge is 2.08. The number of nitrogens with zero attached hydrogens (tertiary/aromatic N) is 2. The molecule has 70 valence electrons. The zero-order valence-electron chi connectivity index (χ0n) is 7.07. The third-order valence-corrected chi connectivity index (χ3v) is 2.28. The van der Waals surface area contributed by atoms with Gasteiger partial charge in [-0.3, -0.25) is 4.79 Å². The van der Waals surface area contributed by atoms with Crippen molar-refractivity contribution in [2.45, 2.75) is 0 Å². The van der Waals surface area contributed by atoms with Crippen molar-refractivity contribution in [2.75, 3.05) is 0 Å². The summed E-state index contributed by atoms with van der Waals surface area (Å²) in [5.41, 5.74) is 1.75. The van der Waals surface area contributed by atoms with E-state index in [-0.39, 0.29) is 0 Å². The number of H-pyrrole nitrogens is 1. The monoisotopic (exact) mass is 251 g/mol. The molecule has 0 aliphatic rings. The molecule has 0 radical (unpaired) electrons. The van der Waals surface area contributed by atoms with Crippen molar-refractivity contribution in [3.8, 4) is 11.3 Å². The van der Waals surface area contributed by atoms with Gasteiger partial charge in [0.1, 0.15) is 5.69 Å². The molecule has 0 saturated heterocycles. The minimum Gasteiger partial charge on any atom is -0.296 e. The number of benzene rings is 1. The SMILES string of the molecule is O=Cc1n[nH]nc1-c1cccc(Br)c1. The summed E-state index contributed by atoms with van der Waals surface area (Å²) in [7, 11) is 0. The van der Waals surface area contributed by atoms with E-state index in [9.17, 15) is 4.79 Å². The Kier molecular flexibility index (Phi) is 2.41. The van der Waals surface area contributed by atoms with Crippen molar-refractivity contribution in [1.82, 2.24) is 15.4 Å². The third kappa shape index (κ3) is 1.58. The molecule has 0 unspecified atom stereocenters. The summed E-state index contributed by atoms with van der Waals surface area (Å²) in [6.45, 7) is 0. The lowest BCUT2D eigenvalue weighted by Crippen LogP contribution is -1.85. The first-order valence-corrected chi connectivity index (χ1v) is 4.72. The Morgan fingerprint density at radius 3 is 2.93 bits per heavy atom. The molecule has 2 aromatic rings. The van der Waals surface area contributed by atoms with Gasteiger partial charge < -0.3 is 0 Å². The second-order valence-corrected chi connectivity index (χ2v) is 3.60.